The number of nitrogens with zero attached hydrogens (tertiary/aromatic N) is 2. The van der Waals surface area contributed by atoms with Gasteiger partial charge in [0.2, 0.25) is 0 Å². The summed E-state index contributed by atoms with van der Waals surface area (Å²) in [6, 6.07) is 4.29. The van der Waals surface area contributed by atoms with E-state index in [1.54, 1.807) is 13.8 Å². The molecule has 0 unspecified atom stereocenters. The van der Waals surface area contributed by atoms with Crippen LogP contribution in [-0.4, -0.2) is 19.9 Å². The van der Waals surface area contributed by atoms with Gasteiger partial charge in [-0.25, -0.2) is 0 Å². The third kappa shape index (κ3) is 3.24. The van der Waals surface area contributed by atoms with E-state index in [0.29, 0.717) is 0 Å². The molecule has 0 fully saturated rings. The fourth-order valence-electron chi connectivity index (χ4n) is 2.47. The van der Waals surface area contributed by atoms with E-state index in [1.807, 2.05) is 0 Å². The Morgan fingerprint density at radius 2 is 1.83 bits per heavy atom. The molecular formula is C14H16F3N2O4P. The molecule has 0 aliphatic heterocycles. The average molecular weight is 364 g/mol. The molecule has 0 radical (unpaired) electrons. The fraction of sp³-hybridized carbons (Fsp3) is 0.429. The van der Waals surface area contributed by atoms with Crippen molar-refractivity contribution in [2.75, 3.05) is 0 Å². The van der Waals surface area contributed by atoms with Crippen LogP contribution in [-0.2, 0) is 15.9 Å². The molecule has 10 heteroatoms. The standard InChI is InChI=1S/C14H16F3N2O4P/c1-3-13(4-2,24(20,21)22)12-18-11(23-19-12)9-6-5-7-10(8-9)14(15,16)17/h5-8H,3-4H2,1-2H3,(H2,20,21,22). The van der Waals surface area contributed by atoms with Crippen LogP contribution in [0.3, 0.4) is 0 Å². The van der Waals surface area contributed by atoms with Gasteiger partial charge in [-0.3, -0.25) is 4.57 Å². The molecule has 24 heavy (non-hydrogen) atoms. The van der Waals surface area contributed by atoms with E-state index in [1.165, 1.54) is 12.1 Å². The van der Waals surface area contributed by atoms with Gasteiger partial charge in [0.25, 0.3) is 5.89 Å². The van der Waals surface area contributed by atoms with Gasteiger partial charge in [0.1, 0.15) is 5.16 Å². The normalized spacial score (nSPS) is 13.3. The van der Waals surface area contributed by atoms with E-state index in [-0.39, 0.29) is 30.1 Å². The highest BCUT2D eigenvalue weighted by atomic mass is 31.2. The molecule has 0 amide bonds. The quantitative estimate of drug-likeness (QED) is 0.780. The number of alkyl halides is 3. The molecule has 0 atom stereocenters. The number of benzene rings is 1. The predicted octanol–water partition coefficient (Wildman–Crippen LogP) is 3.95. The molecule has 1 aromatic heterocycles. The first-order chi connectivity index (χ1) is 11.0. The molecule has 1 aromatic carbocycles. The van der Waals surface area contributed by atoms with Crippen molar-refractivity contribution in [2.45, 2.75) is 38.0 Å². The van der Waals surface area contributed by atoms with E-state index in [0.717, 1.165) is 12.1 Å². The second-order valence-corrected chi connectivity index (χ2v) is 7.23. The molecule has 2 rings (SSSR count). The van der Waals surface area contributed by atoms with Gasteiger partial charge in [-0.2, -0.15) is 18.2 Å². The minimum atomic E-state index is -4.61. The van der Waals surface area contributed by atoms with E-state index in [9.17, 15) is 27.5 Å². The topological polar surface area (TPSA) is 96.5 Å². The fourth-order valence-corrected chi connectivity index (χ4v) is 3.64. The van der Waals surface area contributed by atoms with Crippen molar-refractivity contribution in [3.8, 4) is 11.5 Å². The van der Waals surface area contributed by atoms with Crippen molar-refractivity contribution < 1.29 is 32.0 Å². The minimum Gasteiger partial charge on any atom is -0.334 e. The number of hydrogen-bond donors (Lipinski definition) is 2. The lowest BCUT2D eigenvalue weighted by Crippen LogP contribution is -2.26. The van der Waals surface area contributed by atoms with Gasteiger partial charge < -0.3 is 14.3 Å². The summed E-state index contributed by atoms with van der Waals surface area (Å²) < 4.78 is 55.1. The number of aromatic nitrogens is 2. The van der Waals surface area contributed by atoms with Crippen LogP contribution in [0.4, 0.5) is 13.2 Å². The molecule has 1 heterocycles. The zero-order chi connectivity index (χ0) is 18.2. The van der Waals surface area contributed by atoms with Crippen molar-refractivity contribution in [1.29, 1.82) is 0 Å². The summed E-state index contributed by atoms with van der Waals surface area (Å²) in [6.07, 6.45) is -4.42. The molecular weight excluding hydrogens is 348 g/mol. The molecule has 2 N–H and O–H groups in total. The first kappa shape index (κ1) is 18.6. The van der Waals surface area contributed by atoms with E-state index in [2.05, 4.69) is 10.1 Å². The van der Waals surface area contributed by atoms with Crippen LogP contribution in [0, 0.1) is 0 Å². The van der Waals surface area contributed by atoms with Crippen LogP contribution < -0.4 is 0 Å². The average Bonchev–Trinajstić information content (AvgIpc) is 2.97. The lowest BCUT2D eigenvalue weighted by Gasteiger charge is -2.28. The van der Waals surface area contributed by atoms with Crippen LogP contribution >= 0.6 is 7.60 Å². The smallest absolute Gasteiger partial charge is 0.334 e. The summed E-state index contributed by atoms with van der Waals surface area (Å²) in [5.74, 6) is -0.441. The first-order valence-corrected chi connectivity index (χ1v) is 8.74. The molecule has 0 bridgehead atoms. The Labute approximate surface area is 135 Å². The second kappa shape index (κ2) is 6.31. The molecule has 0 spiro atoms. The van der Waals surface area contributed by atoms with Crippen LogP contribution in [0.5, 0.6) is 0 Å². The lowest BCUT2D eigenvalue weighted by molar-refractivity contribution is -0.137. The SMILES string of the molecule is CCC(CC)(c1noc(-c2cccc(C(F)(F)F)c2)n1)P(=O)(O)O. The number of hydrogen-bond acceptors (Lipinski definition) is 4. The van der Waals surface area contributed by atoms with E-state index < -0.39 is 24.5 Å². The lowest BCUT2D eigenvalue weighted by atomic mass is 10.0. The molecule has 0 saturated heterocycles. The van der Waals surface area contributed by atoms with Crippen LogP contribution in [0.1, 0.15) is 38.1 Å². The first-order valence-electron chi connectivity index (χ1n) is 7.12. The maximum Gasteiger partial charge on any atom is 0.416 e. The maximum atomic E-state index is 12.8. The number of rotatable bonds is 5. The molecule has 0 aliphatic rings. The van der Waals surface area contributed by atoms with Gasteiger partial charge in [-0.1, -0.05) is 25.1 Å². The zero-order valence-corrected chi connectivity index (χ0v) is 13.8. The Kier molecular flexibility index (Phi) is 4.90. The summed E-state index contributed by atoms with van der Waals surface area (Å²) >= 11 is 0. The van der Waals surface area contributed by atoms with Gasteiger partial charge in [0.15, 0.2) is 5.82 Å². The zero-order valence-electron chi connectivity index (χ0n) is 12.9. The molecule has 0 aliphatic carbocycles. The van der Waals surface area contributed by atoms with Crippen molar-refractivity contribution >= 4 is 7.60 Å². The summed E-state index contributed by atoms with van der Waals surface area (Å²) in [5, 5.41) is 1.98. The van der Waals surface area contributed by atoms with Crippen LogP contribution in [0.25, 0.3) is 11.5 Å². The summed E-state index contributed by atoms with van der Waals surface area (Å²) in [6.45, 7) is 3.14. The Morgan fingerprint density at radius 3 is 2.33 bits per heavy atom. The Hall–Kier alpha value is -1.70. The molecule has 132 valence electrons. The molecule has 2 aromatic rings. The third-order valence-corrected chi connectivity index (χ3v) is 5.95. The monoisotopic (exact) mass is 364 g/mol. The second-order valence-electron chi connectivity index (χ2n) is 5.28. The van der Waals surface area contributed by atoms with Crippen molar-refractivity contribution in [2.24, 2.45) is 0 Å². The number of halogens is 3. The van der Waals surface area contributed by atoms with E-state index >= 15 is 0 Å². The predicted molar refractivity (Wildman–Crippen MR) is 79.0 cm³/mol. The highest BCUT2D eigenvalue weighted by Gasteiger charge is 2.49. The van der Waals surface area contributed by atoms with Crippen molar-refractivity contribution in [3.63, 3.8) is 0 Å². The highest BCUT2D eigenvalue weighted by Crippen LogP contribution is 2.60. The van der Waals surface area contributed by atoms with Gasteiger partial charge in [0.05, 0.1) is 5.56 Å². The van der Waals surface area contributed by atoms with Crippen LogP contribution in [0.2, 0.25) is 0 Å². The molecule has 6 nitrogen and oxygen atoms in total. The van der Waals surface area contributed by atoms with Crippen LogP contribution in [0.15, 0.2) is 28.8 Å². The largest absolute Gasteiger partial charge is 0.416 e. The van der Waals surface area contributed by atoms with Crippen molar-refractivity contribution in [3.05, 3.63) is 35.7 Å². The van der Waals surface area contributed by atoms with Gasteiger partial charge >= 0.3 is 13.8 Å². The highest BCUT2D eigenvalue weighted by molar-refractivity contribution is 7.53. The molecule has 0 saturated carbocycles. The Balaban J connectivity index is 2.50. The summed E-state index contributed by atoms with van der Waals surface area (Å²) in [4.78, 5) is 23.3. The third-order valence-electron chi connectivity index (χ3n) is 4.01. The maximum absolute atomic E-state index is 12.8. The summed E-state index contributed by atoms with van der Waals surface area (Å²) in [7, 11) is -4.61. The van der Waals surface area contributed by atoms with Gasteiger partial charge in [-0.15, -0.1) is 0 Å². The Morgan fingerprint density at radius 1 is 1.21 bits per heavy atom. The minimum absolute atomic E-state index is 0.0235. The van der Waals surface area contributed by atoms with Crippen molar-refractivity contribution in [1.82, 2.24) is 10.1 Å². The van der Waals surface area contributed by atoms with Gasteiger partial charge in [0, 0.05) is 5.56 Å². The van der Waals surface area contributed by atoms with Gasteiger partial charge in [-0.05, 0) is 31.0 Å². The van der Waals surface area contributed by atoms with E-state index in [4.69, 9.17) is 4.52 Å². The summed E-state index contributed by atoms with van der Waals surface area (Å²) in [5.41, 5.74) is -0.859. The Bertz CT molecular complexity index is 765.